The Morgan fingerprint density at radius 1 is 0.978 bits per heavy atom. The van der Waals surface area contributed by atoms with Crippen LogP contribution in [0.2, 0.25) is 0 Å². The maximum absolute atomic E-state index is 15.4. The summed E-state index contributed by atoms with van der Waals surface area (Å²) in [6.45, 7) is 2.73. The summed E-state index contributed by atoms with van der Waals surface area (Å²) in [5.41, 5.74) is 5.05. The number of halogens is 5. The van der Waals surface area contributed by atoms with Crippen LogP contribution in [0.3, 0.4) is 0 Å². The standard InChI is InChI=1S/C28H27F5N8O4S/c1-15(42)23-22(13-39-7-9-40(10-8-39)46(2,44)45)41-25(26(34)35-14-36-41)24(23)16-3-6-20(19(30)11-16)37-27(43)38-21-12-17(28(31,32)33)4-5-18(21)29/h3-6,11-12,14H,7-10,13H2,1-2H3,(H2,34,35,36)(H2,37,38,43). The Labute approximate surface area is 259 Å². The molecule has 18 heteroatoms. The zero-order valence-electron chi connectivity index (χ0n) is 24.3. The van der Waals surface area contributed by atoms with Crippen molar-refractivity contribution in [2.75, 3.05) is 48.8 Å². The topological polar surface area (TPSA) is 155 Å². The number of benzene rings is 2. The number of nitrogen functional groups attached to an aromatic ring is 1. The predicted octanol–water partition coefficient (Wildman–Crippen LogP) is 4.20. The summed E-state index contributed by atoms with van der Waals surface area (Å²) in [4.78, 5) is 31.5. The minimum absolute atomic E-state index is 0.00857. The van der Waals surface area contributed by atoms with Gasteiger partial charge in [0.2, 0.25) is 10.0 Å². The lowest BCUT2D eigenvalue weighted by Crippen LogP contribution is -2.48. The number of rotatable bonds is 7. The summed E-state index contributed by atoms with van der Waals surface area (Å²) < 4.78 is 95.2. The van der Waals surface area contributed by atoms with Crippen molar-refractivity contribution >= 4 is 44.5 Å². The van der Waals surface area contributed by atoms with E-state index in [-0.39, 0.29) is 47.7 Å². The number of nitrogens with one attached hydrogen (secondary N) is 2. The van der Waals surface area contributed by atoms with Crippen LogP contribution in [0.25, 0.3) is 16.6 Å². The van der Waals surface area contributed by atoms with E-state index in [0.717, 1.165) is 18.4 Å². The van der Waals surface area contributed by atoms with Crippen LogP contribution in [0.15, 0.2) is 42.7 Å². The third kappa shape index (κ3) is 6.63. The minimum atomic E-state index is -4.79. The maximum atomic E-state index is 15.4. The summed E-state index contributed by atoms with van der Waals surface area (Å²) in [5, 5.41) is 8.35. The van der Waals surface area contributed by atoms with Gasteiger partial charge in [0.1, 0.15) is 23.5 Å². The average molecular weight is 667 g/mol. The van der Waals surface area contributed by atoms with Crippen molar-refractivity contribution in [2.45, 2.75) is 19.6 Å². The number of Topliss-reactive ketones (excluding diaryl/α,β-unsaturated/α-hetero) is 1. The molecule has 0 bridgehead atoms. The van der Waals surface area contributed by atoms with Crippen molar-refractivity contribution in [3.8, 4) is 11.1 Å². The average Bonchev–Trinajstić information content (AvgIpc) is 3.30. The number of sulfonamides is 1. The van der Waals surface area contributed by atoms with Gasteiger partial charge in [-0.05, 0) is 42.8 Å². The lowest BCUT2D eigenvalue weighted by atomic mass is 9.98. The van der Waals surface area contributed by atoms with E-state index in [2.05, 4.69) is 15.4 Å². The second-order valence-electron chi connectivity index (χ2n) is 10.6. The number of carbonyl (C=O) groups excluding carboxylic acids is 2. The Balaban J connectivity index is 1.46. The first-order valence-electron chi connectivity index (χ1n) is 13.6. The van der Waals surface area contributed by atoms with Gasteiger partial charge in [-0.25, -0.2) is 31.5 Å². The number of alkyl halides is 3. The molecule has 1 saturated heterocycles. The number of amides is 2. The first kappa shape index (κ1) is 32.7. The summed E-state index contributed by atoms with van der Waals surface area (Å²) >= 11 is 0. The molecule has 244 valence electrons. The number of ketones is 1. The Morgan fingerprint density at radius 2 is 1.65 bits per heavy atom. The Hall–Kier alpha value is -4.68. The van der Waals surface area contributed by atoms with Crippen molar-refractivity contribution in [3.63, 3.8) is 0 Å². The van der Waals surface area contributed by atoms with E-state index >= 15 is 4.39 Å². The fraction of sp³-hybridized carbons (Fsp3) is 0.286. The number of urea groups is 1. The molecular formula is C28H27F5N8O4S. The van der Waals surface area contributed by atoms with Gasteiger partial charge in [0.05, 0.1) is 34.5 Å². The number of aromatic nitrogens is 3. The van der Waals surface area contributed by atoms with E-state index in [1.807, 2.05) is 10.2 Å². The highest BCUT2D eigenvalue weighted by Crippen LogP contribution is 2.38. The van der Waals surface area contributed by atoms with E-state index in [1.165, 1.54) is 28.1 Å². The summed E-state index contributed by atoms with van der Waals surface area (Å²) in [5.74, 6) is -2.52. The predicted molar refractivity (Wildman–Crippen MR) is 159 cm³/mol. The van der Waals surface area contributed by atoms with Crippen molar-refractivity contribution in [1.82, 2.24) is 23.8 Å². The quantitative estimate of drug-likeness (QED) is 0.196. The van der Waals surface area contributed by atoms with Gasteiger partial charge in [0, 0.05) is 38.3 Å². The van der Waals surface area contributed by atoms with Crippen LogP contribution in [0, 0.1) is 11.6 Å². The zero-order valence-corrected chi connectivity index (χ0v) is 25.1. The molecule has 12 nitrogen and oxygen atoms in total. The van der Waals surface area contributed by atoms with Crippen LogP contribution in [0.4, 0.5) is 43.9 Å². The molecule has 1 aliphatic heterocycles. The molecule has 3 heterocycles. The van der Waals surface area contributed by atoms with Gasteiger partial charge in [0.25, 0.3) is 0 Å². The molecule has 4 N–H and O–H groups in total. The number of anilines is 3. The van der Waals surface area contributed by atoms with E-state index in [4.69, 9.17) is 5.73 Å². The first-order chi connectivity index (χ1) is 21.5. The number of hydrogen-bond acceptors (Lipinski definition) is 8. The summed E-state index contributed by atoms with van der Waals surface area (Å²) in [7, 11) is -3.37. The van der Waals surface area contributed by atoms with Gasteiger partial charge < -0.3 is 16.4 Å². The highest BCUT2D eigenvalue weighted by atomic mass is 32.2. The Bertz CT molecular complexity index is 1960. The van der Waals surface area contributed by atoms with Crippen LogP contribution < -0.4 is 16.4 Å². The fourth-order valence-corrected chi connectivity index (χ4v) is 6.08. The Kier molecular flexibility index (Phi) is 8.71. The number of nitrogens with two attached hydrogens (primary N) is 1. The molecule has 0 atom stereocenters. The second kappa shape index (κ2) is 12.3. The smallest absolute Gasteiger partial charge is 0.382 e. The molecule has 2 amide bonds. The number of carbonyl (C=O) groups is 2. The third-order valence-corrected chi connectivity index (χ3v) is 8.73. The van der Waals surface area contributed by atoms with Gasteiger partial charge >= 0.3 is 12.2 Å². The lowest BCUT2D eigenvalue weighted by molar-refractivity contribution is -0.137. The van der Waals surface area contributed by atoms with E-state index in [1.54, 1.807) is 0 Å². The van der Waals surface area contributed by atoms with Gasteiger partial charge in [-0.1, -0.05) is 6.07 Å². The van der Waals surface area contributed by atoms with Crippen LogP contribution in [0.1, 0.15) is 28.5 Å². The monoisotopic (exact) mass is 666 g/mol. The highest BCUT2D eigenvalue weighted by Gasteiger charge is 2.32. The van der Waals surface area contributed by atoms with Gasteiger partial charge in [-0.3, -0.25) is 9.69 Å². The van der Waals surface area contributed by atoms with Gasteiger partial charge in [0.15, 0.2) is 11.6 Å². The zero-order chi connectivity index (χ0) is 33.6. The van der Waals surface area contributed by atoms with E-state index in [9.17, 15) is 35.6 Å². The number of hydrogen-bond donors (Lipinski definition) is 3. The number of piperazine rings is 1. The highest BCUT2D eigenvalue weighted by molar-refractivity contribution is 7.88. The molecule has 4 aromatic rings. The van der Waals surface area contributed by atoms with Crippen molar-refractivity contribution in [2.24, 2.45) is 0 Å². The molecule has 2 aromatic carbocycles. The SMILES string of the molecule is CC(=O)c1c(-c2ccc(NC(=O)Nc3cc(C(F)(F)F)ccc3F)c(F)c2)c2c(N)ncnn2c1CN1CCN(S(C)(=O)=O)CC1. The normalized spacial score (nSPS) is 14.8. The second-order valence-corrected chi connectivity index (χ2v) is 12.5. The van der Waals surface area contributed by atoms with Crippen molar-refractivity contribution in [1.29, 1.82) is 0 Å². The minimum Gasteiger partial charge on any atom is -0.382 e. The molecule has 0 spiro atoms. The molecule has 46 heavy (non-hydrogen) atoms. The number of fused-ring (bicyclic) bond motifs is 1. The molecule has 0 unspecified atom stereocenters. The lowest BCUT2D eigenvalue weighted by Gasteiger charge is -2.33. The van der Waals surface area contributed by atoms with E-state index in [0.29, 0.717) is 37.0 Å². The van der Waals surface area contributed by atoms with Crippen molar-refractivity contribution < 1.29 is 40.0 Å². The molecule has 5 rings (SSSR count). The molecule has 0 aliphatic carbocycles. The first-order valence-corrected chi connectivity index (χ1v) is 15.5. The number of nitrogens with zero attached hydrogens (tertiary/aromatic N) is 5. The van der Waals surface area contributed by atoms with Crippen LogP contribution in [0.5, 0.6) is 0 Å². The van der Waals surface area contributed by atoms with Crippen molar-refractivity contribution in [3.05, 3.63) is 71.2 Å². The maximum Gasteiger partial charge on any atom is 0.416 e. The van der Waals surface area contributed by atoms with Gasteiger partial charge in [-0.2, -0.15) is 22.6 Å². The molecule has 0 radical (unpaired) electrons. The summed E-state index contributed by atoms with van der Waals surface area (Å²) in [6, 6.07) is 3.81. The molecule has 1 fully saturated rings. The Morgan fingerprint density at radius 3 is 2.26 bits per heavy atom. The van der Waals surface area contributed by atoms with Crippen LogP contribution in [-0.4, -0.2) is 76.5 Å². The molecule has 2 aromatic heterocycles. The fourth-order valence-electron chi connectivity index (χ4n) is 5.26. The third-order valence-electron chi connectivity index (χ3n) is 7.42. The molecule has 0 saturated carbocycles. The largest absolute Gasteiger partial charge is 0.416 e. The molecular weight excluding hydrogens is 639 g/mol. The van der Waals surface area contributed by atoms with Gasteiger partial charge in [-0.15, -0.1) is 0 Å². The summed E-state index contributed by atoms with van der Waals surface area (Å²) in [6.07, 6.45) is -2.46. The van der Waals surface area contributed by atoms with Crippen LogP contribution >= 0.6 is 0 Å². The van der Waals surface area contributed by atoms with E-state index < -0.39 is 56.6 Å². The molecule has 1 aliphatic rings. The van der Waals surface area contributed by atoms with Crippen LogP contribution in [-0.2, 0) is 22.7 Å².